The summed E-state index contributed by atoms with van der Waals surface area (Å²) in [5.41, 5.74) is 6.07. The molecule has 1 amide bonds. The molecule has 3 nitrogen and oxygen atoms in total. The molecule has 3 aromatic rings. The number of nitrogens with one attached hydrogen (secondary N) is 1. The van der Waals surface area contributed by atoms with Crippen LogP contribution in [-0.4, -0.2) is 18.7 Å². The molecule has 0 spiro atoms. The molecule has 1 aliphatic rings. The van der Waals surface area contributed by atoms with Gasteiger partial charge in [-0.2, -0.15) is 0 Å². The summed E-state index contributed by atoms with van der Waals surface area (Å²) < 4.78 is 5.67. The average Bonchev–Trinajstić information content (AvgIpc) is 3.07. The van der Waals surface area contributed by atoms with Crippen LogP contribution in [0.1, 0.15) is 29.0 Å². The second kappa shape index (κ2) is 8.78. The Morgan fingerprint density at radius 3 is 2.14 bits per heavy atom. The Labute approximate surface area is 172 Å². The molecule has 0 saturated heterocycles. The van der Waals surface area contributed by atoms with Gasteiger partial charge >= 0.3 is 6.09 Å². The maximum absolute atomic E-state index is 12.5. The summed E-state index contributed by atoms with van der Waals surface area (Å²) in [5.74, 6) is 0.0696. The van der Waals surface area contributed by atoms with Gasteiger partial charge in [-0.3, -0.25) is 0 Å². The van der Waals surface area contributed by atoms with Gasteiger partial charge in [0.05, 0.1) is 0 Å². The van der Waals surface area contributed by atoms with Gasteiger partial charge in [0.15, 0.2) is 0 Å². The molecule has 0 fully saturated rings. The highest BCUT2D eigenvalue weighted by molar-refractivity contribution is 5.79. The number of benzene rings is 3. The summed E-state index contributed by atoms with van der Waals surface area (Å²) in [6.45, 7) is 4.14. The smallest absolute Gasteiger partial charge is 0.407 e. The summed E-state index contributed by atoms with van der Waals surface area (Å²) in [7, 11) is 0. The molecule has 0 aliphatic heterocycles. The van der Waals surface area contributed by atoms with E-state index >= 15 is 0 Å². The lowest BCUT2D eigenvalue weighted by molar-refractivity contribution is 0.139. The monoisotopic (exact) mass is 383 g/mol. The highest BCUT2D eigenvalue weighted by Crippen LogP contribution is 2.44. The lowest BCUT2D eigenvalue weighted by Crippen LogP contribution is -2.37. The van der Waals surface area contributed by atoms with E-state index in [1.165, 1.54) is 27.8 Å². The molecule has 3 heteroatoms. The van der Waals surface area contributed by atoms with Crippen molar-refractivity contribution in [1.29, 1.82) is 0 Å². The number of ether oxygens (including phenoxy) is 1. The second-order valence-electron chi connectivity index (χ2n) is 7.38. The molecule has 1 unspecified atom stereocenters. The standard InChI is InChI=1S/C26H25NO2/c1-2-10-20(17-19-11-4-3-5-12-19)27-26(28)29-18-25-23-15-8-6-13-21(23)22-14-7-9-16-24(22)25/h2-9,11-16,20,25H,1,10,17-18H2,(H,27,28). The number of amides is 1. The zero-order valence-corrected chi connectivity index (χ0v) is 16.4. The first-order chi connectivity index (χ1) is 14.3. The van der Waals surface area contributed by atoms with Crippen LogP contribution in [0.2, 0.25) is 0 Å². The van der Waals surface area contributed by atoms with Gasteiger partial charge in [-0.1, -0.05) is 84.9 Å². The zero-order chi connectivity index (χ0) is 20.1. The van der Waals surface area contributed by atoms with Crippen molar-refractivity contribution in [1.82, 2.24) is 5.32 Å². The van der Waals surface area contributed by atoms with Gasteiger partial charge in [-0.05, 0) is 40.7 Å². The Balaban J connectivity index is 1.42. The number of alkyl carbamates (subject to hydrolysis) is 1. The number of hydrogen-bond acceptors (Lipinski definition) is 2. The number of fused-ring (bicyclic) bond motifs is 3. The van der Waals surface area contributed by atoms with Crippen LogP contribution in [-0.2, 0) is 11.2 Å². The van der Waals surface area contributed by atoms with Crippen molar-refractivity contribution < 1.29 is 9.53 Å². The molecule has 1 atom stereocenters. The van der Waals surface area contributed by atoms with Crippen molar-refractivity contribution in [3.63, 3.8) is 0 Å². The summed E-state index contributed by atoms with van der Waals surface area (Å²) in [5, 5.41) is 3.01. The predicted octanol–water partition coefficient (Wildman–Crippen LogP) is 5.71. The quantitative estimate of drug-likeness (QED) is 0.531. The minimum Gasteiger partial charge on any atom is -0.449 e. The Bertz CT molecular complexity index is 951. The van der Waals surface area contributed by atoms with Gasteiger partial charge in [0.2, 0.25) is 0 Å². The van der Waals surface area contributed by atoms with Crippen LogP contribution >= 0.6 is 0 Å². The minimum atomic E-state index is -0.380. The molecule has 3 aromatic carbocycles. The van der Waals surface area contributed by atoms with E-state index < -0.39 is 0 Å². The van der Waals surface area contributed by atoms with Crippen molar-refractivity contribution in [2.24, 2.45) is 0 Å². The molecule has 4 rings (SSSR count). The number of carbonyl (C=O) groups is 1. The molecule has 1 N–H and O–H groups in total. The van der Waals surface area contributed by atoms with Crippen LogP contribution in [0.4, 0.5) is 4.79 Å². The Hall–Kier alpha value is -3.33. The number of hydrogen-bond donors (Lipinski definition) is 1. The molecule has 0 heterocycles. The molecule has 29 heavy (non-hydrogen) atoms. The summed E-state index contributed by atoms with van der Waals surface area (Å²) >= 11 is 0. The minimum absolute atomic E-state index is 0.0365. The lowest BCUT2D eigenvalue weighted by atomic mass is 9.98. The largest absolute Gasteiger partial charge is 0.449 e. The average molecular weight is 383 g/mol. The molecule has 0 radical (unpaired) electrons. The van der Waals surface area contributed by atoms with E-state index in [1.54, 1.807) is 0 Å². The molecule has 1 aliphatic carbocycles. The van der Waals surface area contributed by atoms with Crippen molar-refractivity contribution in [3.05, 3.63) is 108 Å². The third kappa shape index (κ3) is 4.24. The van der Waals surface area contributed by atoms with Crippen LogP contribution in [0.15, 0.2) is 91.5 Å². The van der Waals surface area contributed by atoms with Crippen LogP contribution in [0.3, 0.4) is 0 Å². The third-order valence-corrected chi connectivity index (χ3v) is 5.44. The molecule has 0 bridgehead atoms. The van der Waals surface area contributed by atoms with Gasteiger partial charge in [-0.25, -0.2) is 4.79 Å². The van der Waals surface area contributed by atoms with E-state index in [2.05, 4.69) is 60.4 Å². The highest BCUT2D eigenvalue weighted by atomic mass is 16.5. The molecule has 0 aromatic heterocycles. The van der Waals surface area contributed by atoms with Crippen molar-refractivity contribution in [2.45, 2.75) is 24.8 Å². The number of carbonyl (C=O) groups excluding carboxylic acids is 1. The first kappa shape index (κ1) is 19.0. The molecule has 146 valence electrons. The van der Waals surface area contributed by atoms with E-state index in [0.29, 0.717) is 13.0 Å². The summed E-state index contributed by atoms with van der Waals surface area (Å²) in [6, 6.07) is 26.8. The predicted molar refractivity (Wildman–Crippen MR) is 117 cm³/mol. The molecule has 0 saturated carbocycles. The summed E-state index contributed by atoms with van der Waals surface area (Å²) in [4.78, 5) is 12.5. The molecular formula is C26H25NO2. The first-order valence-electron chi connectivity index (χ1n) is 10.0. The fraction of sp³-hybridized carbons (Fsp3) is 0.192. The maximum Gasteiger partial charge on any atom is 0.407 e. The van der Waals surface area contributed by atoms with Crippen molar-refractivity contribution in [3.8, 4) is 11.1 Å². The van der Waals surface area contributed by atoms with Gasteiger partial charge in [0.1, 0.15) is 6.61 Å². The number of rotatable bonds is 7. The van der Waals surface area contributed by atoms with Gasteiger partial charge in [-0.15, -0.1) is 6.58 Å². The Morgan fingerprint density at radius 1 is 0.931 bits per heavy atom. The second-order valence-corrected chi connectivity index (χ2v) is 7.38. The van der Waals surface area contributed by atoms with Crippen LogP contribution in [0, 0.1) is 0 Å². The normalized spacial score (nSPS) is 13.2. The van der Waals surface area contributed by atoms with Crippen molar-refractivity contribution >= 4 is 6.09 Å². The Morgan fingerprint density at radius 2 is 1.52 bits per heavy atom. The van der Waals surface area contributed by atoms with Crippen molar-refractivity contribution in [2.75, 3.05) is 6.61 Å². The lowest BCUT2D eigenvalue weighted by Gasteiger charge is -2.19. The zero-order valence-electron chi connectivity index (χ0n) is 16.4. The van der Waals surface area contributed by atoms with E-state index in [-0.39, 0.29) is 18.1 Å². The van der Waals surface area contributed by atoms with E-state index in [9.17, 15) is 4.79 Å². The van der Waals surface area contributed by atoms with Crippen LogP contribution in [0.5, 0.6) is 0 Å². The van der Waals surface area contributed by atoms with E-state index in [0.717, 1.165) is 6.42 Å². The molecular weight excluding hydrogens is 358 g/mol. The fourth-order valence-corrected chi connectivity index (χ4v) is 4.10. The summed E-state index contributed by atoms with van der Waals surface area (Å²) in [6.07, 6.45) is 2.89. The van der Waals surface area contributed by atoms with E-state index in [4.69, 9.17) is 4.74 Å². The highest BCUT2D eigenvalue weighted by Gasteiger charge is 2.29. The van der Waals surface area contributed by atoms with Gasteiger partial charge in [0, 0.05) is 12.0 Å². The van der Waals surface area contributed by atoms with E-state index in [1.807, 2.05) is 36.4 Å². The van der Waals surface area contributed by atoms with Gasteiger partial charge in [0.25, 0.3) is 0 Å². The van der Waals surface area contributed by atoms with Crippen LogP contribution in [0.25, 0.3) is 11.1 Å². The Kier molecular flexibility index (Phi) is 5.76. The van der Waals surface area contributed by atoms with Gasteiger partial charge < -0.3 is 10.1 Å². The third-order valence-electron chi connectivity index (χ3n) is 5.44. The van der Waals surface area contributed by atoms with Crippen LogP contribution < -0.4 is 5.32 Å². The first-order valence-corrected chi connectivity index (χ1v) is 10.0. The maximum atomic E-state index is 12.5. The topological polar surface area (TPSA) is 38.3 Å². The SMILES string of the molecule is C=CCC(Cc1ccccc1)NC(=O)OCC1c2ccccc2-c2ccccc21. The fourth-order valence-electron chi connectivity index (χ4n) is 4.10.